The molecule has 3 aromatic carbocycles. The van der Waals surface area contributed by atoms with Crippen molar-refractivity contribution in [3.8, 4) is 11.4 Å². The van der Waals surface area contributed by atoms with Crippen molar-refractivity contribution in [3.63, 3.8) is 0 Å². The summed E-state index contributed by atoms with van der Waals surface area (Å²) in [5.41, 5.74) is 4.54. The van der Waals surface area contributed by atoms with E-state index in [1.165, 1.54) is 5.56 Å². The Bertz CT molecular complexity index is 1190. The van der Waals surface area contributed by atoms with E-state index in [1.807, 2.05) is 73.7 Å². The van der Waals surface area contributed by atoms with Gasteiger partial charge in [-0.25, -0.2) is 9.97 Å². The predicted molar refractivity (Wildman–Crippen MR) is 127 cm³/mol. The van der Waals surface area contributed by atoms with Crippen molar-refractivity contribution in [2.24, 2.45) is 0 Å². The second-order valence-electron chi connectivity index (χ2n) is 7.15. The van der Waals surface area contributed by atoms with E-state index in [-0.39, 0.29) is 5.91 Å². The van der Waals surface area contributed by atoms with Crippen LogP contribution in [0.1, 0.15) is 21.5 Å². The third-order valence-corrected chi connectivity index (χ3v) is 5.26. The molecule has 5 nitrogen and oxygen atoms in total. The number of carbonyl (C=O) groups excluding carboxylic acids is 1. The summed E-state index contributed by atoms with van der Waals surface area (Å²) in [5, 5.41) is 6.22. The number of nitrogens with one attached hydrogen (secondary N) is 2. The SMILES string of the molecule is Cc1ccc(-c2nccc(Nc3cccc(C(=O)NCc4ccc(Br)cc4)c3)n2)cc1. The van der Waals surface area contributed by atoms with E-state index in [1.54, 1.807) is 18.3 Å². The Kier molecular flexibility index (Phi) is 6.38. The molecule has 0 aliphatic rings. The number of carbonyl (C=O) groups is 1. The van der Waals surface area contributed by atoms with E-state index in [2.05, 4.69) is 36.5 Å². The Hall–Kier alpha value is -3.51. The first kappa shape index (κ1) is 20.8. The summed E-state index contributed by atoms with van der Waals surface area (Å²) in [5.74, 6) is 1.18. The molecular weight excluding hydrogens is 452 g/mol. The van der Waals surface area contributed by atoms with Gasteiger partial charge in [0.1, 0.15) is 5.82 Å². The lowest BCUT2D eigenvalue weighted by atomic mass is 10.1. The van der Waals surface area contributed by atoms with Crippen molar-refractivity contribution < 1.29 is 4.79 Å². The van der Waals surface area contributed by atoms with Crippen LogP contribution in [0.4, 0.5) is 11.5 Å². The molecule has 0 saturated carbocycles. The van der Waals surface area contributed by atoms with Crippen molar-refractivity contribution in [1.82, 2.24) is 15.3 Å². The van der Waals surface area contributed by atoms with Crippen LogP contribution in [-0.2, 0) is 6.54 Å². The molecule has 31 heavy (non-hydrogen) atoms. The Morgan fingerprint density at radius 2 is 1.74 bits per heavy atom. The van der Waals surface area contributed by atoms with E-state index in [4.69, 9.17) is 0 Å². The first-order valence-electron chi connectivity index (χ1n) is 9.87. The smallest absolute Gasteiger partial charge is 0.251 e. The quantitative estimate of drug-likeness (QED) is 0.367. The minimum Gasteiger partial charge on any atom is -0.348 e. The maximum atomic E-state index is 12.6. The van der Waals surface area contributed by atoms with Crippen molar-refractivity contribution in [2.45, 2.75) is 13.5 Å². The molecule has 0 saturated heterocycles. The van der Waals surface area contributed by atoms with Crippen LogP contribution in [0.3, 0.4) is 0 Å². The molecule has 1 amide bonds. The molecule has 0 bridgehead atoms. The highest BCUT2D eigenvalue weighted by atomic mass is 79.9. The van der Waals surface area contributed by atoms with Gasteiger partial charge in [-0.15, -0.1) is 0 Å². The van der Waals surface area contributed by atoms with Gasteiger partial charge in [-0.05, 0) is 48.9 Å². The monoisotopic (exact) mass is 472 g/mol. The average Bonchev–Trinajstić information content (AvgIpc) is 2.79. The molecule has 0 aliphatic carbocycles. The first-order chi connectivity index (χ1) is 15.1. The van der Waals surface area contributed by atoms with Crippen molar-refractivity contribution in [1.29, 1.82) is 0 Å². The van der Waals surface area contributed by atoms with Crippen molar-refractivity contribution in [2.75, 3.05) is 5.32 Å². The zero-order valence-electron chi connectivity index (χ0n) is 17.0. The van der Waals surface area contributed by atoms with Crippen LogP contribution in [0.2, 0.25) is 0 Å². The van der Waals surface area contributed by atoms with Crippen molar-refractivity contribution >= 4 is 33.3 Å². The van der Waals surface area contributed by atoms with Crippen LogP contribution in [0, 0.1) is 6.92 Å². The van der Waals surface area contributed by atoms with Crippen LogP contribution in [0.5, 0.6) is 0 Å². The number of anilines is 2. The maximum absolute atomic E-state index is 12.6. The van der Waals surface area contributed by atoms with Gasteiger partial charge in [0.25, 0.3) is 5.91 Å². The normalized spacial score (nSPS) is 10.5. The molecule has 4 rings (SSSR count). The van der Waals surface area contributed by atoms with Gasteiger partial charge in [0, 0.05) is 34.0 Å². The summed E-state index contributed by atoms with van der Waals surface area (Å²) in [6.45, 7) is 2.51. The Labute approximate surface area is 189 Å². The lowest BCUT2D eigenvalue weighted by Crippen LogP contribution is -2.22. The fraction of sp³-hybridized carbons (Fsp3) is 0.0800. The number of nitrogens with zero attached hydrogens (tertiary/aromatic N) is 2. The van der Waals surface area contributed by atoms with E-state index in [9.17, 15) is 4.79 Å². The zero-order chi connectivity index (χ0) is 21.6. The summed E-state index contributed by atoms with van der Waals surface area (Å²) in [6, 6.07) is 25.1. The molecule has 1 aromatic heterocycles. The Morgan fingerprint density at radius 1 is 0.968 bits per heavy atom. The van der Waals surface area contributed by atoms with Gasteiger partial charge in [0.15, 0.2) is 5.82 Å². The summed E-state index contributed by atoms with van der Waals surface area (Å²) in [4.78, 5) is 21.5. The van der Waals surface area contributed by atoms with Gasteiger partial charge >= 0.3 is 0 Å². The van der Waals surface area contributed by atoms with E-state index < -0.39 is 0 Å². The third-order valence-electron chi connectivity index (χ3n) is 4.73. The summed E-state index contributed by atoms with van der Waals surface area (Å²) in [6.07, 6.45) is 1.72. The van der Waals surface area contributed by atoms with Crippen LogP contribution >= 0.6 is 15.9 Å². The van der Waals surface area contributed by atoms with Gasteiger partial charge in [-0.2, -0.15) is 0 Å². The Morgan fingerprint density at radius 3 is 2.52 bits per heavy atom. The fourth-order valence-electron chi connectivity index (χ4n) is 3.04. The second-order valence-corrected chi connectivity index (χ2v) is 8.06. The molecule has 0 unspecified atom stereocenters. The molecule has 154 valence electrons. The fourth-order valence-corrected chi connectivity index (χ4v) is 3.31. The second kappa shape index (κ2) is 9.53. The number of benzene rings is 3. The van der Waals surface area contributed by atoms with Crippen molar-refractivity contribution in [3.05, 3.63) is 106 Å². The molecular formula is C25H21BrN4O. The molecule has 0 atom stereocenters. The molecule has 2 N–H and O–H groups in total. The van der Waals surface area contributed by atoms with Crippen LogP contribution in [0.15, 0.2) is 89.5 Å². The van der Waals surface area contributed by atoms with E-state index >= 15 is 0 Å². The van der Waals surface area contributed by atoms with Gasteiger partial charge in [-0.3, -0.25) is 4.79 Å². The lowest BCUT2D eigenvalue weighted by Gasteiger charge is -2.10. The Balaban J connectivity index is 1.44. The van der Waals surface area contributed by atoms with Crippen LogP contribution < -0.4 is 10.6 Å². The topological polar surface area (TPSA) is 66.9 Å². The number of rotatable bonds is 6. The number of amides is 1. The maximum Gasteiger partial charge on any atom is 0.251 e. The van der Waals surface area contributed by atoms with E-state index in [0.717, 1.165) is 21.3 Å². The minimum atomic E-state index is -0.130. The van der Waals surface area contributed by atoms with E-state index in [0.29, 0.717) is 23.8 Å². The molecule has 0 radical (unpaired) electrons. The van der Waals surface area contributed by atoms with Crippen LogP contribution in [0.25, 0.3) is 11.4 Å². The van der Waals surface area contributed by atoms with Gasteiger partial charge in [0.05, 0.1) is 0 Å². The standard InChI is InChI=1S/C25H21BrN4O/c1-17-5-9-19(10-6-17)24-27-14-13-23(30-24)29-22-4-2-3-20(15-22)25(31)28-16-18-7-11-21(26)12-8-18/h2-15H,16H2,1H3,(H,28,31)(H,27,29,30). The van der Waals surface area contributed by atoms with Gasteiger partial charge < -0.3 is 10.6 Å². The predicted octanol–water partition coefficient (Wildman–Crippen LogP) is 5.89. The molecule has 0 aliphatic heterocycles. The lowest BCUT2D eigenvalue weighted by molar-refractivity contribution is 0.0951. The summed E-state index contributed by atoms with van der Waals surface area (Å²) in [7, 11) is 0. The molecule has 1 heterocycles. The van der Waals surface area contributed by atoms with Crippen LogP contribution in [-0.4, -0.2) is 15.9 Å². The van der Waals surface area contributed by atoms with Gasteiger partial charge in [0.2, 0.25) is 0 Å². The number of halogens is 1. The molecule has 0 fully saturated rings. The highest BCUT2D eigenvalue weighted by molar-refractivity contribution is 9.10. The number of hydrogen-bond donors (Lipinski definition) is 2. The number of aromatic nitrogens is 2. The highest BCUT2D eigenvalue weighted by Crippen LogP contribution is 2.20. The first-order valence-corrected chi connectivity index (χ1v) is 10.7. The zero-order valence-corrected chi connectivity index (χ0v) is 18.6. The average molecular weight is 473 g/mol. The molecule has 6 heteroatoms. The number of hydrogen-bond acceptors (Lipinski definition) is 4. The summed E-state index contributed by atoms with van der Waals surface area (Å²) >= 11 is 3.41. The number of aryl methyl sites for hydroxylation is 1. The minimum absolute atomic E-state index is 0.130. The largest absolute Gasteiger partial charge is 0.348 e. The molecule has 4 aromatic rings. The van der Waals surface area contributed by atoms with Gasteiger partial charge in [-0.1, -0.05) is 64.0 Å². The molecule has 0 spiro atoms. The third kappa shape index (κ3) is 5.55. The highest BCUT2D eigenvalue weighted by Gasteiger charge is 2.08. The summed E-state index contributed by atoms with van der Waals surface area (Å²) < 4.78 is 1.01.